The highest BCUT2D eigenvalue weighted by molar-refractivity contribution is 6.06. The SMILES string of the molecule is CCCCCc1cc(O)c2c(c1)OC(C)(C)CC2=NCCOCCO. The summed E-state index contributed by atoms with van der Waals surface area (Å²) in [7, 11) is 0. The molecule has 0 bridgehead atoms. The van der Waals surface area contributed by atoms with E-state index in [9.17, 15) is 5.11 Å². The average molecular weight is 349 g/mol. The zero-order chi connectivity index (χ0) is 18.3. The van der Waals surface area contributed by atoms with Crippen molar-refractivity contribution in [1.29, 1.82) is 0 Å². The van der Waals surface area contributed by atoms with Gasteiger partial charge in [0.2, 0.25) is 0 Å². The molecule has 2 rings (SSSR count). The lowest BCUT2D eigenvalue weighted by atomic mass is 9.90. The second-order valence-electron chi connectivity index (χ2n) is 7.15. The number of aliphatic hydroxyl groups excluding tert-OH is 1. The molecule has 5 nitrogen and oxygen atoms in total. The van der Waals surface area contributed by atoms with Gasteiger partial charge in [-0.2, -0.15) is 0 Å². The van der Waals surface area contributed by atoms with Gasteiger partial charge in [-0.25, -0.2) is 0 Å². The molecule has 0 amide bonds. The Bertz CT molecular complexity index is 596. The third kappa shape index (κ3) is 5.72. The molecule has 0 atom stereocenters. The van der Waals surface area contributed by atoms with E-state index >= 15 is 0 Å². The summed E-state index contributed by atoms with van der Waals surface area (Å²) in [6, 6.07) is 3.89. The first-order chi connectivity index (χ1) is 12.0. The van der Waals surface area contributed by atoms with Gasteiger partial charge in [-0.1, -0.05) is 19.8 Å². The number of aliphatic imine (C=N–C) groups is 1. The van der Waals surface area contributed by atoms with Gasteiger partial charge in [0.1, 0.15) is 17.1 Å². The molecular weight excluding hydrogens is 318 g/mol. The Morgan fingerprint density at radius 2 is 2.04 bits per heavy atom. The van der Waals surface area contributed by atoms with Gasteiger partial charge in [0, 0.05) is 6.42 Å². The predicted octanol–water partition coefficient (Wildman–Crippen LogP) is 3.48. The van der Waals surface area contributed by atoms with Gasteiger partial charge in [0.25, 0.3) is 0 Å². The third-order valence-corrected chi connectivity index (χ3v) is 4.25. The highest BCUT2D eigenvalue weighted by atomic mass is 16.5. The van der Waals surface area contributed by atoms with Crippen LogP contribution in [0, 0.1) is 0 Å². The van der Waals surface area contributed by atoms with E-state index in [0.717, 1.165) is 29.9 Å². The fraction of sp³-hybridized carbons (Fsp3) is 0.650. The first-order valence-corrected chi connectivity index (χ1v) is 9.24. The molecule has 25 heavy (non-hydrogen) atoms. The smallest absolute Gasteiger partial charge is 0.133 e. The van der Waals surface area contributed by atoms with Crippen LogP contribution in [0.25, 0.3) is 0 Å². The number of benzene rings is 1. The van der Waals surface area contributed by atoms with E-state index in [-0.39, 0.29) is 18.0 Å². The molecule has 2 N–H and O–H groups in total. The number of fused-ring (bicyclic) bond motifs is 1. The van der Waals surface area contributed by atoms with Gasteiger partial charge >= 0.3 is 0 Å². The maximum atomic E-state index is 10.5. The average Bonchev–Trinajstić information content (AvgIpc) is 2.53. The lowest BCUT2D eigenvalue weighted by Crippen LogP contribution is -2.36. The highest BCUT2D eigenvalue weighted by Gasteiger charge is 2.33. The number of phenols is 1. The quantitative estimate of drug-likeness (QED) is 0.670. The van der Waals surface area contributed by atoms with Crippen LogP contribution in [0.4, 0.5) is 0 Å². The predicted molar refractivity (Wildman–Crippen MR) is 100.0 cm³/mol. The van der Waals surface area contributed by atoms with Crippen molar-refractivity contribution in [2.45, 2.75) is 58.5 Å². The van der Waals surface area contributed by atoms with Crippen LogP contribution in [0.5, 0.6) is 11.5 Å². The summed E-state index contributed by atoms with van der Waals surface area (Å²) >= 11 is 0. The summed E-state index contributed by atoms with van der Waals surface area (Å²) in [5, 5.41) is 19.3. The second-order valence-corrected chi connectivity index (χ2v) is 7.15. The molecule has 0 radical (unpaired) electrons. The lowest BCUT2D eigenvalue weighted by Gasteiger charge is -2.34. The molecule has 1 heterocycles. The van der Waals surface area contributed by atoms with Gasteiger partial charge in [0.05, 0.1) is 37.6 Å². The fourth-order valence-corrected chi connectivity index (χ4v) is 3.12. The minimum Gasteiger partial charge on any atom is -0.507 e. The largest absolute Gasteiger partial charge is 0.507 e. The van der Waals surface area contributed by atoms with Crippen LogP contribution in [0.2, 0.25) is 0 Å². The molecular formula is C20H31NO4. The van der Waals surface area contributed by atoms with Crippen LogP contribution in [0.3, 0.4) is 0 Å². The van der Waals surface area contributed by atoms with Gasteiger partial charge in [-0.3, -0.25) is 4.99 Å². The van der Waals surface area contributed by atoms with Crippen LogP contribution in [-0.2, 0) is 11.2 Å². The van der Waals surface area contributed by atoms with Crippen LogP contribution in [-0.4, -0.2) is 47.9 Å². The van der Waals surface area contributed by atoms with Crippen molar-refractivity contribution in [3.8, 4) is 11.5 Å². The molecule has 0 aliphatic carbocycles. The molecule has 140 valence electrons. The molecule has 1 aliphatic heterocycles. The number of hydrogen-bond donors (Lipinski definition) is 2. The topological polar surface area (TPSA) is 71.3 Å². The Hall–Kier alpha value is -1.59. The summed E-state index contributed by atoms with van der Waals surface area (Å²) in [6.45, 7) is 7.55. The van der Waals surface area contributed by atoms with Crippen LogP contribution in [0.1, 0.15) is 57.6 Å². The molecule has 0 saturated carbocycles. The molecule has 1 aromatic carbocycles. The van der Waals surface area contributed by atoms with E-state index < -0.39 is 0 Å². The van der Waals surface area contributed by atoms with Gasteiger partial charge in [-0.05, 0) is 44.4 Å². The van der Waals surface area contributed by atoms with E-state index in [1.807, 2.05) is 26.0 Å². The Balaban J connectivity index is 2.20. The number of hydrogen-bond acceptors (Lipinski definition) is 5. The normalized spacial score (nSPS) is 17.4. The van der Waals surface area contributed by atoms with Crippen molar-refractivity contribution in [3.05, 3.63) is 23.3 Å². The number of phenolic OH excluding ortho intramolecular Hbond substituents is 1. The van der Waals surface area contributed by atoms with Crippen molar-refractivity contribution < 1.29 is 19.7 Å². The van der Waals surface area contributed by atoms with Crippen LogP contribution in [0.15, 0.2) is 17.1 Å². The molecule has 1 aliphatic rings. The van der Waals surface area contributed by atoms with E-state index in [1.165, 1.54) is 12.8 Å². The monoisotopic (exact) mass is 349 g/mol. The Labute approximate surface area is 150 Å². The number of aliphatic hydroxyl groups is 1. The Morgan fingerprint density at radius 1 is 1.24 bits per heavy atom. The van der Waals surface area contributed by atoms with E-state index in [1.54, 1.807) is 0 Å². The fourth-order valence-electron chi connectivity index (χ4n) is 3.12. The summed E-state index contributed by atoms with van der Waals surface area (Å²) in [5.74, 6) is 0.965. The molecule has 0 spiro atoms. The number of unbranched alkanes of at least 4 members (excludes halogenated alkanes) is 2. The zero-order valence-corrected chi connectivity index (χ0v) is 15.7. The standard InChI is InChI=1S/C20H31NO4/c1-4-5-6-7-15-12-17(23)19-16(21-8-10-24-11-9-22)14-20(2,3)25-18(19)13-15/h12-13,22-23H,4-11,14H2,1-3H3. The maximum Gasteiger partial charge on any atom is 0.133 e. The van der Waals surface area contributed by atoms with Gasteiger partial charge in [-0.15, -0.1) is 0 Å². The lowest BCUT2D eigenvalue weighted by molar-refractivity contribution is 0.0971. The van der Waals surface area contributed by atoms with Crippen molar-refractivity contribution in [3.63, 3.8) is 0 Å². The number of nitrogens with zero attached hydrogens (tertiary/aromatic N) is 1. The van der Waals surface area contributed by atoms with Crippen molar-refractivity contribution in [1.82, 2.24) is 0 Å². The maximum absolute atomic E-state index is 10.5. The number of rotatable bonds is 9. The summed E-state index contributed by atoms with van der Waals surface area (Å²) in [4.78, 5) is 4.63. The number of aryl methyl sites for hydroxylation is 1. The van der Waals surface area contributed by atoms with Crippen LogP contribution < -0.4 is 4.74 Å². The van der Waals surface area contributed by atoms with Crippen LogP contribution >= 0.6 is 0 Å². The van der Waals surface area contributed by atoms with Gasteiger partial charge < -0.3 is 19.7 Å². The minimum atomic E-state index is -0.355. The van der Waals surface area contributed by atoms with Crippen molar-refractivity contribution >= 4 is 5.71 Å². The molecule has 0 fully saturated rings. The first kappa shape index (κ1) is 19.7. The first-order valence-electron chi connectivity index (χ1n) is 9.24. The number of aromatic hydroxyl groups is 1. The van der Waals surface area contributed by atoms with Crippen molar-refractivity contribution in [2.24, 2.45) is 4.99 Å². The molecule has 5 heteroatoms. The minimum absolute atomic E-state index is 0.0157. The van der Waals surface area contributed by atoms with E-state index in [0.29, 0.717) is 31.7 Å². The third-order valence-electron chi connectivity index (χ3n) is 4.25. The second kappa shape index (κ2) is 9.20. The summed E-state index contributed by atoms with van der Waals surface area (Å²) in [6.07, 6.45) is 5.06. The molecule has 1 aromatic rings. The summed E-state index contributed by atoms with van der Waals surface area (Å²) < 4.78 is 11.4. The molecule has 0 saturated heterocycles. The van der Waals surface area contributed by atoms with Gasteiger partial charge in [0.15, 0.2) is 0 Å². The Morgan fingerprint density at radius 3 is 2.76 bits per heavy atom. The summed E-state index contributed by atoms with van der Waals surface area (Å²) in [5.41, 5.74) is 2.32. The molecule has 0 aromatic heterocycles. The number of ether oxygens (including phenoxy) is 2. The highest BCUT2D eigenvalue weighted by Crippen LogP contribution is 2.39. The molecule has 0 unspecified atom stereocenters. The van der Waals surface area contributed by atoms with E-state index in [2.05, 4.69) is 11.9 Å². The Kier molecular flexibility index (Phi) is 7.26. The zero-order valence-electron chi connectivity index (χ0n) is 15.7. The van der Waals surface area contributed by atoms with E-state index in [4.69, 9.17) is 14.6 Å². The van der Waals surface area contributed by atoms with Crippen molar-refractivity contribution in [2.75, 3.05) is 26.4 Å².